The third kappa shape index (κ3) is 4.49. The molecular weight excluding hydrogens is 188 g/mol. The molecule has 90 valence electrons. The van der Waals surface area contributed by atoms with Gasteiger partial charge in [-0.1, -0.05) is 6.92 Å². The first-order valence-electron chi connectivity index (χ1n) is 6.11. The molecule has 1 aliphatic heterocycles. The van der Waals surface area contributed by atoms with Crippen LogP contribution in [0.3, 0.4) is 0 Å². The van der Waals surface area contributed by atoms with Crippen molar-refractivity contribution in [3.63, 3.8) is 0 Å². The summed E-state index contributed by atoms with van der Waals surface area (Å²) >= 11 is 0. The van der Waals surface area contributed by atoms with Gasteiger partial charge in [0.1, 0.15) is 0 Å². The van der Waals surface area contributed by atoms with Crippen LogP contribution >= 0.6 is 0 Å². The number of nitrogens with zero attached hydrogens (tertiary/aromatic N) is 2. The van der Waals surface area contributed by atoms with Crippen LogP contribution in [-0.4, -0.2) is 59.3 Å². The van der Waals surface area contributed by atoms with Gasteiger partial charge >= 0.3 is 0 Å². The Bertz CT molecular complexity index is 189. The molecule has 0 aliphatic carbocycles. The summed E-state index contributed by atoms with van der Waals surface area (Å²) in [6.45, 7) is 13.9. The first-order valence-corrected chi connectivity index (χ1v) is 6.11. The Hall–Kier alpha value is -0.120. The van der Waals surface area contributed by atoms with E-state index in [0.29, 0.717) is 6.04 Å². The van der Waals surface area contributed by atoms with Crippen LogP contribution in [0.25, 0.3) is 0 Å². The van der Waals surface area contributed by atoms with E-state index >= 15 is 0 Å². The van der Waals surface area contributed by atoms with Crippen molar-refractivity contribution in [2.45, 2.75) is 45.8 Å². The van der Waals surface area contributed by atoms with Gasteiger partial charge < -0.3 is 10.0 Å². The molecule has 0 aromatic carbocycles. The lowest BCUT2D eigenvalue weighted by Gasteiger charge is -2.40. The minimum atomic E-state index is -0.523. The fourth-order valence-corrected chi connectivity index (χ4v) is 2.18. The second kappa shape index (κ2) is 5.28. The van der Waals surface area contributed by atoms with Gasteiger partial charge in [-0.05, 0) is 33.7 Å². The SMILES string of the molecule is CCN1CCN(CCC(C)(C)O)CC1C. The van der Waals surface area contributed by atoms with Gasteiger partial charge in [0.05, 0.1) is 5.60 Å². The van der Waals surface area contributed by atoms with Crippen molar-refractivity contribution >= 4 is 0 Å². The van der Waals surface area contributed by atoms with E-state index < -0.39 is 5.60 Å². The summed E-state index contributed by atoms with van der Waals surface area (Å²) in [7, 11) is 0. The van der Waals surface area contributed by atoms with Crippen LogP contribution in [0.15, 0.2) is 0 Å². The smallest absolute Gasteiger partial charge is 0.0603 e. The molecule has 0 bridgehead atoms. The summed E-state index contributed by atoms with van der Waals surface area (Å²) in [5.74, 6) is 0. The Kier molecular flexibility index (Phi) is 4.56. The first-order chi connectivity index (χ1) is 6.92. The van der Waals surface area contributed by atoms with E-state index in [0.717, 1.165) is 32.6 Å². The average molecular weight is 214 g/mol. The highest BCUT2D eigenvalue weighted by Crippen LogP contribution is 2.13. The van der Waals surface area contributed by atoms with Crippen LogP contribution in [0, 0.1) is 0 Å². The fraction of sp³-hybridized carbons (Fsp3) is 1.00. The molecule has 0 aromatic heterocycles. The van der Waals surface area contributed by atoms with E-state index in [1.807, 2.05) is 13.8 Å². The topological polar surface area (TPSA) is 26.7 Å². The van der Waals surface area contributed by atoms with Crippen LogP contribution in [-0.2, 0) is 0 Å². The molecule has 1 aliphatic rings. The molecule has 1 unspecified atom stereocenters. The van der Waals surface area contributed by atoms with Gasteiger partial charge in [0.25, 0.3) is 0 Å². The minimum Gasteiger partial charge on any atom is -0.390 e. The Morgan fingerprint density at radius 3 is 2.47 bits per heavy atom. The highest BCUT2D eigenvalue weighted by atomic mass is 16.3. The number of hydrogen-bond acceptors (Lipinski definition) is 3. The molecule has 1 rings (SSSR count). The summed E-state index contributed by atoms with van der Waals surface area (Å²) in [5.41, 5.74) is -0.523. The third-order valence-electron chi connectivity index (χ3n) is 3.30. The molecule has 0 spiro atoms. The van der Waals surface area contributed by atoms with E-state index in [1.165, 1.54) is 6.54 Å². The zero-order valence-corrected chi connectivity index (χ0v) is 10.7. The van der Waals surface area contributed by atoms with Crippen molar-refractivity contribution in [3.05, 3.63) is 0 Å². The van der Waals surface area contributed by atoms with Crippen molar-refractivity contribution in [3.8, 4) is 0 Å². The Morgan fingerprint density at radius 1 is 1.33 bits per heavy atom. The number of aliphatic hydroxyl groups is 1. The highest BCUT2D eigenvalue weighted by molar-refractivity contribution is 4.79. The van der Waals surface area contributed by atoms with Gasteiger partial charge in [0.15, 0.2) is 0 Å². The van der Waals surface area contributed by atoms with Crippen LogP contribution in [0.5, 0.6) is 0 Å². The van der Waals surface area contributed by atoms with Crippen molar-refractivity contribution < 1.29 is 5.11 Å². The summed E-state index contributed by atoms with van der Waals surface area (Å²) in [5, 5.41) is 9.68. The second-order valence-electron chi connectivity index (χ2n) is 5.34. The predicted molar refractivity (Wildman–Crippen MR) is 64.1 cm³/mol. The molecule has 0 amide bonds. The molecule has 0 aromatic rings. The maximum absolute atomic E-state index is 9.68. The molecule has 3 heteroatoms. The molecule has 15 heavy (non-hydrogen) atoms. The fourth-order valence-electron chi connectivity index (χ4n) is 2.18. The number of likely N-dealkylation sites (N-methyl/N-ethyl adjacent to an activating group) is 1. The Balaban J connectivity index is 2.29. The van der Waals surface area contributed by atoms with Crippen LogP contribution in [0.4, 0.5) is 0 Å². The molecular formula is C12H26N2O. The Morgan fingerprint density at radius 2 is 2.00 bits per heavy atom. The van der Waals surface area contributed by atoms with Gasteiger partial charge in [-0.3, -0.25) is 4.90 Å². The van der Waals surface area contributed by atoms with Gasteiger partial charge in [-0.15, -0.1) is 0 Å². The molecule has 1 fully saturated rings. The zero-order valence-electron chi connectivity index (χ0n) is 10.7. The average Bonchev–Trinajstić information content (AvgIpc) is 2.14. The zero-order chi connectivity index (χ0) is 11.5. The van der Waals surface area contributed by atoms with E-state index in [1.54, 1.807) is 0 Å². The van der Waals surface area contributed by atoms with Gasteiger partial charge in [0, 0.05) is 32.2 Å². The number of hydrogen-bond donors (Lipinski definition) is 1. The summed E-state index contributed by atoms with van der Waals surface area (Å²) < 4.78 is 0. The van der Waals surface area contributed by atoms with Crippen molar-refractivity contribution in [2.24, 2.45) is 0 Å². The maximum Gasteiger partial charge on any atom is 0.0603 e. The van der Waals surface area contributed by atoms with Crippen LogP contribution in [0.1, 0.15) is 34.1 Å². The van der Waals surface area contributed by atoms with Crippen LogP contribution in [0.2, 0.25) is 0 Å². The van der Waals surface area contributed by atoms with Crippen LogP contribution < -0.4 is 0 Å². The molecule has 1 atom stereocenters. The van der Waals surface area contributed by atoms with Crippen molar-refractivity contribution in [2.75, 3.05) is 32.7 Å². The molecule has 1 N–H and O–H groups in total. The second-order valence-corrected chi connectivity index (χ2v) is 5.34. The monoisotopic (exact) mass is 214 g/mol. The quantitative estimate of drug-likeness (QED) is 0.761. The third-order valence-corrected chi connectivity index (χ3v) is 3.30. The summed E-state index contributed by atoms with van der Waals surface area (Å²) in [6, 6.07) is 0.658. The largest absolute Gasteiger partial charge is 0.390 e. The summed E-state index contributed by atoms with van der Waals surface area (Å²) in [6.07, 6.45) is 0.867. The lowest BCUT2D eigenvalue weighted by Crippen LogP contribution is -2.52. The first kappa shape index (κ1) is 12.9. The standard InChI is InChI=1S/C12H26N2O/c1-5-14-9-8-13(10-11(14)2)7-6-12(3,4)15/h11,15H,5-10H2,1-4H3. The van der Waals surface area contributed by atoms with E-state index in [9.17, 15) is 5.11 Å². The van der Waals surface area contributed by atoms with E-state index in [2.05, 4.69) is 23.6 Å². The van der Waals surface area contributed by atoms with Crippen molar-refractivity contribution in [1.29, 1.82) is 0 Å². The Labute approximate surface area is 94.1 Å². The van der Waals surface area contributed by atoms with Crippen molar-refractivity contribution in [1.82, 2.24) is 9.80 Å². The molecule has 3 nitrogen and oxygen atoms in total. The molecule has 1 heterocycles. The maximum atomic E-state index is 9.68. The van der Waals surface area contributed by atoms with Gasteiger partial charge in [0.2, 0.25) is 0 Å². The molecule has 0 radical (unpaired) electrons. The minimum absolute atomic E-state index is 0.523. The molecule has 1 saturated heterocycles. The van der Waals surface area contributed by atoms with Gasteiger partial charge in [-0.2, -0.15) is 0 Å². The number of piperazine rings is 1. The number of rotatable bonds is 4. The lowest BCUT2D eigenvalue weighted by atomic mass is 10.0. The lowest BCUT2D eigenvalue weighted by molar-refractivity contribution is 0.0371. The van der Waals surface area contributed by atoms with E-state index in [-0.39, 0.29) is 0 Å². The molecule has 0 saturated carbocycles. The highest BCUT2D eigenvalue weighted by Gasteiger charge is 2.23. The summed E-state index contributed by atoms with van der Waals surface area (Å²) in [4.78, 5) is 4.98. The van der Waals surface area contributed by atoms with E-state index in [4.69, 9.17) is 0 Å². The van der Waals surface area contributed by atoms with Gasteiger partial charge in [-0.25, -0.2) is 0 Å². The predicted octanol–water partition coefficient (Wildman–Crippen LogP) is 1.17. The normalized spacial score (nSPS) is 25.8.